The largest absolute Gasteiger partial charge is 0.323 e. The van der Waals surface area contributed by atoms with Crippen LogP contribution in [0.4, 0.5) is 5.69 Å². The molecule has 3 rings (SSSR count). The molecule has 1 saturated heterocycles. The summed E-state index contributed by atoms with van der Waals surface area (Å²) >= 11 is 13.3. The van der Waals surface area contributed by atoms with Gasteiger partial charge in [0.15, 0.2) is 11.5 Å². The molecule has 4 nitrogen and oxygen atoms in total. The van der Waals surface area contributed by atoms with E-state index in [4.69, 9.17) is 23.2 Å². The molecule has 2 aromatic carbocycles. The zero-order valence-electron chi connectivity index (χ0n) is 11.9. The van der Waals surface area contributed by atoms with Crippen LogP contribution in [0.3, 0.4) is 0 Å². The molecule has 1 unspecified atom stereocenters. The molecule has 0 amide bonds. The van der Waals surface area contributed by atoms with E-state index in [-0.39, 0.29) is 0 Å². The zero-order valence-corrected chi connectivity index (χ0v) is 14.3. The van der Waals surface area contributed by atoms with Gasteiger partial charge >= 0.3 is 0 Å². The number of amidine groups is 1. The number of hydrogen-bond acceptors (Lipinski definition) is 4. The van der Waals surface area contributed by atoms with Crippen LogP contribution in [-0.2, 0) is 11.3 Å². The smallest absolute Gasteiger partial charge is 0.181 e. The Labute approximate surface area is 148 Å². The van der Waals surface area contributed by atoms with Gasteiger partial charge in [-0.05, 0) is 35.7 Å². The molecule has 1 heterocycles. The van der Waals surface area contributed by atoms with Gasteiger partial charge in [0.2, 0.25) is 0 Å². The number of nitrogens with one attached hydrogen (secondary N) is 1. The minimum absolute atomic E-state index is 0.415. The Bertz CT molecular complexity index is 739. The molecule has 0 aliphatic carbocycles. The molecule has 0 radical (unpaired) electrons. The van der Waals surface area contributed by atoms with Crippen molar-refractivity contribution in [2.45, 2.75) is 12.7 Å². The average molecular weight is 366 g/mol. The van der Waals surface area contributed by atoms with Crippen molar-refractivity contribution < 1.29 is 4.79 Å². The Kier molecular flexibility index (Phi) is 5.23. The number of benzene rings is 2. The first-order valence-electron chi connectivity index (χ1n) is 6.89. The van der Waals surface area contributed by atoms with Gasteiger partial charge in [0, 0.05) is 6.54 Å². The first-order chi connectivity index (χ1) is 11.2. The van der Waals surface area contributed by atoms with E-state index in [0.717, 1.165) is 11.8 Å². The highest BCUT2D eigenvalue weighted by Gasteiger charge is 2.29. The standard InChI is InChI=1S/C16H13Cl2N3OS/c17-13-7-6-12(8-14(13)18)19-16-21(15(10-22)20-23-16)9-11-4-2-1-3-5-11/h1-8,10,15,20H,9H2. The molecule has 1 aliphatic rings. The van der Waals surface area contributed by atoms with Crippen molar-refractivity contribution in [2.75, 3.05) is 0 Å². The lowest BCUT2D eigenvalue weighted by Gasteiger charge is -2.21. The molecule has 2 aromatic rings. The molecule has 23 heavy (non-hydrogen) atoms. The maximum Gasteiger partial charge on any atom is 0.181 e. The SMILES string of the molecule is O=CC1NSC(=Nc2ccc(Cl)c(Cl)c2)N1Cc1ccccc1. The van der Waals surface area contributed by atoms with Crippen molar-refractivity contribution in [3.8, 4) is 0 Å². The molecule has 0 saturated carbocycles. The van der Waals surface area contributed by atoms with Gasteiger partial charge in [-0.25, -0.2) is 9.71 Å². The number of aliphatic imine (C=N–C) groups is 1. The molecule has 1 atom stereocenters. The molecule has 0 bridgehead atoms. The summed E-state index contributed by atoms with van der Waals surface area (Å²) in [6, 6.07) is 15.1. The summed E-state index contributed by atoms with van der Waals surface area (Å²) in [6.07, 6.45) is 0.453. The summed E-state index contributed by atoms with van der Waals surface area (Å²) in [5.41, 5.74) is 1.79. The van der Waals surface area contributed by atoms with E-state index in [1.165, 1.54) is 11.9 Å². The summed E-state index contributed by atoms with van der Waals surface area (Å²) in [5, 5.41) is 1.65. The first-order valence-corrected chi connectivity index (χ1v) is 8.46. The Morgan fingerprint density at radius 3 is 2.65 bits per heavy atom. The van der Waals surface area contributed by atoms with Crippen LogP contribution in [0.1, 0.15) is 5.56 Å². The minimum Gasteiger partial charge on any atom is -0.323 e. The van der Waals surface area contributed by atoms with Crippen LogP contribution >= 0.6 is 35.1 Å². The summed E-state index contributed by atoms with van der Waals surface area (Å²) in [4.78, 5) is 17.8. The van der Waals surface area contributed by atoms with E-state index in [1.807, 2.05) is 35.2 Å². The van der Waals surface area contributed by atoms with Crippen LogP contribution in [0.5, 0.6) is 0 Å². The molecule has 1 fully saturated rings. The van der Waals surface area contributed by atoms with Gasteiger partial charge in [0.1, 0.15) is 6.17 Å². The third-order valence-corrected chi connectivity index (χ3v) is 4.91. The van der Waals surface area contributed by atoms with Gasteiger partial charge in [-0.15, -0.1) is 0 Å². The second-order valence-electron chi connectivity index (χ2n) is 4.91. The van der Waals surface area contributed by atoms with E-state index in [9.17, 15) is 4.79 Å². The van der Waals surface area contributed by atoms with Gasteiger partial charge in [0.05, 0.1) is 15.7 Å². The Hall–Kier alpha value is -1.53. The summed E-state index contributed by atoms with van der Waals surface area (Å²) in [6.45, 7) is 0.588. The van der Waals surface area contributed by atoms with Gasteiger partial charge in [-0.3, -0.25) is 4.79 Å². The summed E-state index contributed by atoms with van der Waals surface area (Å²) in [5.74, 6) is 0. The number of rotatable bonds is 4. The van der Waals surface area contributed by atoms with E-state index >= 15 is 0 Å². The number of nitrogens with zero attached hydrogens (tertiary/aromatic N) is 2. The number of carbonyl (C=O) groups is 1. The van der Waals surface area contributed by atoms with E-state index < -0.39 is 6.17 Å². The van der Waals surface area contributed by atoms with Crippen LogP contribution in [-0.4, -0.2) is 22.5 Å². The molecule has 118 valence electrons. The second kappa shape index (κ2) is 7.36. The molecule has 7 heteroatoms. The van der Waals surface area contributed by atoms with Crippen LogP contribution in [0.25, 0.3) is 0 Å². The minimum atomic E-state index is -0.415. The lowest BCUT2D eigenvalue weighted by Crippen LogP contribution is -2.38. The molecule has 0 aromatic heterocycles. The Morgan fingerprint density at radius 1 is 1.17 bits per heavy atom. The van der Waals surface area contributed by atoms with E-state index in [1.54, 1.807) is 18.2 Å². The van der Waals surface area contributed by atoms with Crippen molar-refractivity contribution >= 4 is 52.3 Å². The Balaban J connectivity index is 1.88. The lowest BCUT2D eigenvalue weighted by atomic mass is 10.2. The maximum absolute atomic E-state index is 11.3. The molecule has 0 spiro atoms. The third kappa shape index (κ3) is 3.87. The predicted molar refractivity (Wildman–Crippen MR) is 96.1 cm³/mol. The topological polar surface area (TPSA) is 44.7 Å². The summed E-state index contributed by atoms with van der Waals surface area (Å²) < 4.78 is 3.06. The Morgan fingerprint density at radius 2 is 1.96 bits per heavy atom. The van der Waals surface area contributed by atoms with Crippen molar-refractivity contribution in [1.82, 2.24) is 9.62 Å². The molecular formula is C16H13Cl2N3OS. The summed E-state index contributed by atoms with van der Waals surface area (Å²) in [7, 11) is 0. The second-order valence-corrected chi connectivity index (χ2v) is 6.53. The first kappa shape index (κ1) is 16.3. The molecule has 1 aliphatic heterocycles. The lowest BCUT2D eigenvalue weighted by molar-refractivity contribution is -0.111. The average Bonchev–Trinajstić information content (AvgIpc) is 2.94. The van der Waals surface area contributed by atoms with Crippen LogP contribution in [0, 0.1) is 0 Å². The van der Waals surface area contributed by atoms with Crippen LogP contribution in [0.15, 0.2) is 53.5 Å². The monoisotopic (exact) mass is 365 g/mol. The van der Waals surface area contributed by atoms with Gasteiger partial charge in [0.25, 0.3) is 0 Å². The van der Waals surface area contributed by atoms with Gasteiger partial charge in [-0.1, -0.05) is 53.5 Å². The fourth-order valence-corrected chi connectivity index (χ4v) is 3.30. The zero-order chi connectivity index (χ0) is 16.2. The van der Waals surface area contributed by atoms with Crippen molar-refractivity contribution in [2.24, 2.45) is 4.99 Å². The highest BCUT2D eigenvalue weighted by Crippen LogP contribution is 2.29. The highest BCUT2D eigenvalue weighted by atomic mass is 35.5. The number of aldehydes is 1. The number of hydrogen-bond donors (Lipinski definition) is 1. The molecule has 1 N–H and O–H groups in total. The normalized spacial score (nSPS) is 19.3. The van der Waals surface area contributed by atoms with Gasteiger partial charge in [-0.2, -0.15) is 0 Å². The van der Waals surface area contributed by atoms with Crippen molar-refractivity contribution in [3.63, 3.8) is 0 Å². The molecular weight excluding hydrogens is 353 g/mol. The van der Waals surface area contributed by atoms with E-state index in [0.29, 0.717) is 27.4 Å². The van der Waals surface area contributed by atoms with Gasteiger partial charge < -0.3 is 4.90 Å². The van der Waals surface area contributed by atoms with Crippen molar-refractivity contribution in [1.29, 1.82) is 0 Å². The third-order valence-electron chi connectivity index (χ3n) is 3.31. The number of halogens is 2. The van der Waals surface area contributed by atoms with Crippen molar-refractivity contribution in [3.05, 3.63) is 64.1 Å². The van der Waals surface area contributed by atoms with Crippen LogP contribution < -0.4 is 4.72 Å². The van der Waals surface area contributed by atoms with E-state index in [2.05, 4.69) is 9.71 Å². The van der Waals surface area contributed by atoms with Crippen LogP contribution in [0.2, 0.25) is 10.0 Å². The number of carbonyl (C=O) groups excluding carboxylic acids is 1. The fraction of sp³-hybridized carbons (Fsp3) is 0.125. The quantitative estimate of drug-likeness (QED) is 0.649. The predicted octanol–water partition coefficient (Wildman–Crippen LogP) is 4.26. The fourth-order valence-electron chi connectivity index (χ4n) is 2.15. The maximum atomic E-state index is 11.3. The highest BCUT2D eigenvalue weighted by molar-refractivity contribution is 8.12.